The minimum absolute atomic E-state index is 0.0149. The van der Waals surface area contributed by atoms with Gasteiger partial charge in [-0.3, -0.25) is 4.79 Å². The number of carbonyl (C=O) groups is 1. The molecule has 3 nitrogen and oxygen atoms in total. The van der Waals surface area contributed by atoms with E-state index in [1.54, 1.807) is 35.2 Å². The predicted octanol–water partition coefficient (Wildman–Crippen LogP) is 3.83. The minimum Gasteiger partial charge on any atom is -0.482 e. The first-order valence-electron chi connectivity index (χ1n) is 6.48. The summed E-state index contributed by atoms with van der Waals surface area (Å²) in [5.41, 5.74) is 1.33. The molecule has 0 saturated heterocycles. The number of hydrogen-bond donors (Lipinski definition) is 1. The highest BCUT2D eigenvalue weighted by Crippen LogP contribution is 2.22. The van der Waals surface area contributed by atoms with Crippen molar-refractivity contribution in [1.82, 2.24) is 5.32 Å². The van der Waals surface area contributed by atoms with Crippen molar-refractivity contribution in [3.05, 3.63) is 51.7 Å². The molecule has 0 saturated carbocycles. The third-order valence-corrected chi connectivity index (χ3v) is 4.69. The second kappa shape index (κ2) is 8.97. The molecule has 0 spiro atoms. The van der Waals surface area contributed by atoms with E-state index < -0.39 is 0 Å². The van der Waals surface area contributed by atoms with E-state index in [0.717, 1.165) is 11.5 Å². The molecule has 2 rings (SSSR count). The molecule has 1 N–H and O–H groups in total. The summed E-state index contributed by atoms with van der Waals surface area (Å²) >= 11 is 9.45. The first-order chi connectivity index (χ1) is 10.3. The van der Waals surface area contributed by atoms with Crippen molar-refractivity contribution in [3.63, 3.8) is 0 Å². The Hall–Kier alpha value is -1.17. The highest BCUT2D eigenvalue weighted by Gasteiger charge is 2.04. The number of rotatable bonds is 8. The number of thioether (sulfide) groups is 1. The molecule has 0 radical (unpaired) electrons. The lowest BCUT2D eigenvalue weighted by atomic mass is 10.3. The quantitative estimate of drug-likeness (QED) is 0.741. The monoisotopic (exact) mass is 341 g/mol. The van der Waals surface area contributed by atoms with Crippen molar-refractivity contribution in [2.45, 2.75) is 5.75 Å². The van der Waals surface area contributed by atoms with E-state index in [1.807, 2.05) is 12.1 Å². The van der Waals surface area contributed by atoms with Crippen LogP contribution < -0.4 is 10.1 Å². The minimum atomic E-state index is -0.133. The number of hydrogen-bond acceptors (Lipinski definition) is 4. The molecule has 0 unspecified atom stereocenters. The van der Waals surface area contributed by atoms with Gasteiger partial charge in [-0.2, -0.15) is 23.1 Å². The average Bonchev–Trinajstić information content (AvgIpc) is 2.99. The highest BCUT2D eigenvalue weighted by molar-refractivity contribution is 7.98. The van der Waals surface area contributed by atoms with Gasteiger partial charge >= 0.3 is 0 Å². The van der Waals surface area contributed by atoms with Crippen LogP contribution in [0.4, 0.5) is 0 Å². The molecule has 1 heterocycles. The van der Waals surface area contributed by atoms with Gasteiger partial charge < -0.3 is 10.1 Å². The Morgan fingerprint density at radius 2 is 2.19 bits per heavy atom. The molecule has 21 heavy (non-hydrogen) atoms. The topological polar surface area (TPSA) is 38.3 Å². The van der Waals surface area contributed by atoms with E-state index in [2.05, 4.69) is 22.1 Å². The molecule has 0 aliphatic heterocycles. The smallest absolute Gasteiger partial charge is 0.257 e. The van der Waals surface area contributed by atoms with Crippen LogP contribution in [0.25, 0.3) is 0 Å². The first-order valence-corrected chi connectivity index (χ1v) is 8.96. The zero-order valence-electron chi connectivity index (χ0n) is 11.4. The average molecular weight is 342 g/mol. The zero-order valence-corrected chi connectivity index (χ0v) is 13.8. The SMILES string of the molecule is O=C(COc1ccccc1Cl)NCCSCc1ccsc1. The van der Waals surface area contributed by atoms with Crippen molar-refractivity contribution in [1.29, 1.82) is 0 Å². The molecule has 1 aromatic heterocycles. The molecule has 6 heteroatoms. The fraction of sp³-hybridized carbons (Fsp3) is 0.267. The van der Waals surface area contributed by atoms with Crippen LogP contribution in [0.15, 0.2) is 41.1 Å². The van der Waals surface area contributed by atoms with Gasteiger partial charge in [0.15, 0.2) is 6.61 Å². The fourth-order valence-electron chi connectivity index (χ4n) is 1.58. The molecular formula is C15H16ClNO2S2. The second-order valence-corrected chi connectivity index (χ2v) is 6.55. The summed E-state index contributed by atoms with van der Waals surface area (Å²) in [5, 5.41) is 7.55. The molecule has 0 aliphatic rings. The molecular weight excluding hydrogens is 326 g/mol. The molecule has 0 bridgehead atoms. The molecule has 0 aliphatic carbocycles. The number of halogens is 1. The number of ether oxygens (including phenoxy) is 1. The van der Waals surface area contributed by atoms with E-state index >= 15 is 0 Å². The van der Waals surface area contributed by atoms with Gasteiger partial charge in [0.1, 0.15) is 5.75 Å². The Labute approximate surface area is 137 Å². The lowest BCUT2D eigenvalue weighted by Gasteiger charge is -2.08. The summed E-state index contributed by atoms with van der Waals surface area (Å²) in [6, 6.07) is 9.23. The Balaban J connectivity index is 1.56. The number of thiophene rings is 1. The van der Waals surface area contributed by atoms with Crippen molar-refractivity contribution >= 4 is 40.6 Å². The number of amides is 1. The van der Waals surface area contributed by atoms with Crippen LogP contribution in [-0.2, 0) is 10.5 Å². The highest BCUT2D eigenvalue weighted by atomic mass is 35.5. The van der Waals surface area contributed by atoms with Crippen LogP contribution in [0.5, 0.6) is 5.75 Å². The maximum absolute atomic E-state index is 11.6. The Morgan fingerprint density at radius 3 is 2.95 bits per heavy atom. The summed E-state index contributed by atoms with van der Waals surface area (Å²) < 4.78 is 5.37. The van der Waals surface area contributed by atoms with E-state index in [-0.39, 0.29) is 12.5 Å². The number of benzene rings is 1. The maximum Gasteiger partial charge on any atom is 0.257 e. The normalized spacial score (nSPS) is 10.3. The predicted molar refractivity (Wildman–Crippen MR) is 90.4 cm³/mol. The maximum atomic E-state index is 11.6. The van der Waals surface area contributed by atoms with E-state index in [9.17, 15) is 4.79 Å². The standard InChI is InChI=1S/C15H16ClNO2S2/c16-13-3-1-2-4-14(13)19-9-15(18)17-6-8-21-11-12-5-7-20-10-12/h1-5,7,10H,6,8-9,11H2,(H,17,18). The van der Waals surface area contributed by atoms with E-state index in [1.165, 1.54) is 5.56 Å². The zero-order chi connectivity index (χ0) is 14.9. The van der Waals surface area contributed by atoms with Crippen molar-refractivity contribution in [2.24, 2.45) is 0 Å². The van der Waals surface area contributed by atoms with Crippen LogP contribution in [-0.4, -0.2) is 24.8 Å². The van der Waals surface area contributed by atoms with Gasteiger partial charge in [0.25, 0.3) is 5.91 Å². The summed E-state index contributed by atoms with van der Waals surface area (Å²) in [4.78, 5) is 11.6. The Bertz CT molecular complexity index is 561. The fourth-order valence-corrected chi connectivity index (χ4v) is 3.35. The van der Waals surface area contributed by atoms with Gasteiger partial charge in [-0.15, -0.1) is 0 Å². The molecule has 1 aromatic carbocycles. The van der Waals surface area contributed by atoms with Crippen molar-refractivity contribution in [2.75, 3.05) is 18.9 Å². The van der Waals surface area contributed by atoms with Gasteiger partial charge in [-0.05, 0) is 34.5 Å². The molecule has 112 valence electrons. The Morgan fingerprint density at radius 1 is 1.33 bits per heavy atom. The third kappa shape index (κ3) is 5.99. The van der Waals surface area contributed by atoms with Crippen LogP contribution in [0.3, 0.4) is 0 Å². The van der Waals surface area contributed by atoms with Gasteiger partial charge in [-0.1, -0.05) is 23.7 Å². The number of para-hydroxylation sites is 1. The van der Waals surface area contributed by atoms with Crippen LogP contribution in [0, 0.1) is 0 Å². The summed E-state index contributed by atoms with van der Waals surface area (Å²) in [7, 11) is 0. The van der Waals surface area contributed by atoms with Gasteiger partial charge in [0.2, 0.25) is 0 Å². The third-order valence-electron chi connectivity index (χ3n) is 2.61. The van der Waals surface area contributed by atoms with Gasteiger partial charge in [-0.25, -0.2) is 0 Å². The summed E-state index contributed by atoms with van der Waals surface area (Å²) in [6.45, 7) is 0.623. The number of nitrogens with one attached hydrogen (secondary N) is 1. The first kappa shape index (κ1) is 16.2. The lowest BCUT2D eigenvalue weighted by Crippen LogP contribution is -2.30. The van der Waals surface area contributed by atoms with Gasteiger partial charge in [0, 0.05) is 18.1 Å². The summed E-state index contributed by atoms with van der Waals surface area (Å²) in [6.07, 6.45) is 0. The summed E-state index contributed by atoms with van der Waals surface area (Å²) in [5.74, 6) is 2.26. The van der Waals surface area contributed by atoms with Crippen LogP contribution in [0.1, 0.15) is 5.56 Å². The van der Waals surface area contributed by atoms with E-state index in [0.29, 0.717) is 17.3 Å². The van der Waals surface area contributed by atoms with Crippen molar-refractivity contribution in [3.8, 4) is 5.75 Å². The molecule has 2 aromatic rings. The Kier molecular flexibility index (Phi) is 6.92. The molecule has 1 amide bonds. The molecule has 0 fully saturated rings. The van der Waals surface area contributed by atoms with E-state index in [4.69, 9.17) is 16.3 Å². The lowest BCUT2D eigenvalue weighted by molar-refractivity contribution is -0.122. The van der Waals surface area contributed by atoms with Crippen molar-refractivity contribution < 1.29 is 9.53 Å². The second-order valence-electron chi connectivity index (χ2n) is 4.25. The largest absolute Gasteiger partial charge is 0.482 e. The van der Waals surface area contributed by atoms with Crippen LogP contribution in [0.2, 0.25) is 5.02 Å². The van der Waals surface area contributed by atoms with Crippen LogP contribution >= 0.6 is 34.7 Å². The molecule has 0 atom stereocenters. The number of carbonyl (C=O) groups excluding carboxylic acids is 1. The van der Waals surface area contributed by atoms with Gasteiger partial charge in [0.05, 0.1) is 5.02 Å².